The molecule has 26 heavy (non-hydrogen) atoms. The highest BCUT2D eigenvalue weighted by molar-refractivity contribution is 5.95. The summed E-state index contributed by atoms with van der Waals surface area (Å²) >= 11 is 0. The lowest BCUT2D eigenvalue weighted by atomic mass is 10.1. The molecule has 0 fully saturated rings. The van der Waals surface area contributed by atoms with Gasteiger partial charge in [-0.1, -0.05) is 50.2 Å². The van der Waals surface area contributed by atoms with Crippen molar-refractivity contribution in [3.63, 3.8) is 0 Å². The third-order valence-electron chi connectivity index (χ3n) is 4.82. The molecule has 4 nitrogen and oxygen atoms in total. The van der Waals surface area contributed by atoms with E-state index in [1.54, 1.807) is 10.6 Å². The van der Waals surface area contributed by atoms with Gasteiger partial charge in [0.2, 0.25) is 5.91 Å². The van der Waals surface area contributed by atoms with Gasteiger partial charge >= 0.3 is 0 Å². The van der Waals surface area contributed by atoms with Gasteiger partial charge in [0.05, 0.1) is 5.52 Å². The van der Waals surface area contributed by atoms with Gasteiger partial charge in [-0.15, -0.1) is 0 Å². The van der Waals surface area contributed by atoms with Gasteiger partial charge in [-0.05, 0) is 43.0 Å². The second-order valence-electron chi connectivity index (χ2n) is 6.48. The van der Waals surface area contributed by atoms with Gasteiger partial charge in [0.1, 0.15) is 6.04 Å². The van der Waals surface area contributed by atoms with Gasteiger partial charge in [0.15, 0.2) is 0 Å². The van der Waals surface area contributed by atoms with Gasteiger partial charge in [-0.3, -0.25) is 14.2 Å². The topological polar surface area (TPSA) is 51.1 Å². The molecule has 1 aromatic heterocycles. The van der Waals surface area contributed by atoms with Crippen molar-refractivity contribution in [2.45, 2.75) is 39.7 Å². The van der Waals surface area contributed by atoms with Crippen LogP contribution in [0, 0.1) is 6.92 Å². The van der Waals surface area contributed by atoms with Crippen LogP contribution in [0.25, 0.3) is 10.9 Å². The van der Waals surface area contributed by atoms with Crippen LogP contribution >= 0.6 is 0 Å². The molecule has 1 heterocycles. The van der Waals surface area contributed by atoms with Crippen molar-refractivity contribution in [2.24, 2.45) is 0 Å². The number of rotatable bonds is 5. The molecule has 2 aromatic carbocycles. The van der Waals surface area contributed by atoms with Crippen molar-refractivity contribution in [3.8, 4) is 0 Å². The lowest BCUT2D eigenvalue weighted by molar-refractivity contribution is -0.119. The number of aryl methyl sites for hydroxylation is 2. The first-order valence-corrected chi connectivity index (χ1v) is 9.06. The Morgan fingerprint density at radius 3 is 2.50 bits per heavy atom. The number of nitrogens with zero attached hydrogens (tertiary/aromatic N) is 1. The maximum absolute atomic E-state index is 13.0. The van der Waals surface area contributed by atoms with Gasteiger partial charge in [-0.25, -0.2) is 0 Å². The maximum Gasteiger partial charge on any atom is 0.252 e. The SMILES string of the molecule is CCc1ccccc1NC(=O)C(CC)n1c(=O)cc(C)c2ccccc21. The highest BCUT2D eigenvalue weighted by Crippen LogP contribution is 2.23. The van der Waals surface area contributed by atoms with Crippen molar-refractivity contribution >= 4 is 22.5 Å². The predicted molar refractivity (Wildman–Crippen MR) is 107 cm³/mol. The Morgan fingerprint density at radius 2 is 1.77 bits per heavy atom. The van der Waals surface area contributed by atoms with Crippen LogP contribution in [0.2, 0.25) is 0 Å². The molecule has 3 rings (SSSR count). The van der Waals surface area contributed by atoms with Crippen LogP contribution in [0.15, 0.2) is 59.4 Å². The van der Waals surface area contributed by atoms with Gasteiger partial charge in [0, 0.05) is 17.1 Å². The summed E-state index contributed by atoms with van der Waals surface area (Å²) in [6.07, 6.45) is 1.37. The fourth-order valence-electron chi connectivity index (χ4n) is 3.44. The van der Waals surface area contributed by atoms with Crippen LogP contribution in [0.5, 0.6) is 0 Å². The molecule has 4 heteroatoms. The first kappa shape index (κ1) is 17.9. The molecular weight excluding hydrogens is 324 g/mol. The molecule has 3 aromatic rings. The van der Waals surface area contributed by atoms with E-state index in [9.17, 15) is 9.59 Å². The Morgan fingerprint density at radius 1 is 1.08 bits per heavy atom. The Labute approximate surface area is 153 Å². The molecule has 0 aliphatic carbocycles. The van der Waals surface area contributed by atoms with Crippen molar-refractivity contribution in [1.29, 1.82) is 0 Å². The second kappa shape index (κ2) is 7.56. The molecule has 1 N–H and O–H groups in total. The number of para-hydroxylation sites is 2. The number of fused-ring (bicyclic) bond motifs is 1. The highest BCUT2D eigenvalue weighted by atomic mass is 16.2. The fraction of sp³-hybridized carbons (Fsp3) is 0.273. The molecule has 1 unspecified atom stereocenters. The molecular formula is C22H24N2O2. The zero-order valence-electron chi connectivity index (χ0n) is 15.5. The second-order valence-corrected chi connectivity index (χ2v) is 6.48. The summed E-state index contributed by atoms with van der Waals surface area (Å²) in [6.45, 7) is 5.91. The number of amides is 1. The number of pyridine rings is 1. The van der Waals surface area contributed by atoms with E-state index in [0.717, 1.165) is 34.1 Å². The number of benzene rings is 2. The smallest absolute Gasteiger partial charge is 0.252 e. The monoisotopic (exact) mass is 348 g/mol. The lowest BCUT2D eigenvalue weighted by Gasteiger charge is -2.21. The summed E-state index contributed by atoms with van der Waals surface area (Å²) in [5.41, 5.74) is 3.46. The average Bonchev–Trinajstić information content (AvgIpc) is 2.65. The first-order chi connectivity index (χ1) is 12.6. The van der Waals surface area contributed by atoms with Crippen LogP contribution in [-0.4, -0.2) is 10.5 Å². The van der Waals surface area contributed by atoms with Crippen molar-refractivity contribution < 1.29 is 4.79 Å². The molecule has 0 aliphatic heterocycles. The quantitative estimate of drug-likeness (QED) is 0.740. The Bertz CT molecular complexity index is 1000. The van der Waals surface area contributed by atoms with Gasteiger partial charge in [-0.2, -0.15) is 0 Å². The van der Waals surface area contributed by atoms with Crippen molar-refractivity contribution in [1.82, 2.24) is 4.57 Å². The predicted octanol–water partition coefficient (Wildman–Crippen LogP) is 4.46. The molecule has 1 amide bonds. The largest absolute Gasteiger partial charge is 0.324 e. The van der Waals surface area contributed by atoms with Crippen LogP contribution in [0.1, 0.15) is 37.4 Å². The summed E-state index contributed by atoms with van der Waals surface area (Å²) < 4.78 is 1.62. The molecule has 0 saturated carbocycles. The molecule has 134 valence electrons. The number of hydrogen-bond acceptors (Lipinski definition) is 2. The minimum absolute atomic E-state index is 0.146. The van der Waals surface area contributed by atoms with Gasteiger partial charge in [0.25, 0.3) is 5.56 Å². The van der Waals surface area contributed by atoms with E-state index in [4.69, 9.17) is 0 Å². The molecule has 0 aliphatic rings. The zero-order valence-corrected chi connectivity index (χ0v) is 15.5. The Balaban J connectivity index is 2.06. The minimum Gasteiger partial charge on any atom is -0.324 e. The van der Waals surface area contributed by atoms with Gasteiger partial charge < -0.3 is 5.32 Å². The fourth-order valence-corrected chi connectivity index (χ4v) is 3.44. The molecule has 0 saturated heterocycles. The molecule has 0 bridgehead atoms. The summed E-state index contributed by atoms with van der Waals surface area (Å²) in [5, 5.41) is 4.01. The normalized spacial score (nSPS) is 12.1. The average molecular weight is 348 g/mol. The summed E-state index contributed by atoms with van der Waals surface area (Å²) in [4.78, 5) is 25.7. The Hall–Kier alpha value is -2.88. The summed E-state index contributed by atoms with van der Waals surface area (Å²) in [6, 6.07) is 16.6. The Kier molecular flexibility index (Phi) is 5.21. The van der Waals surface area contributed by atoms with E-state index in [-0.39, 0.29) is 11.5 Å². The van der Waals surface area contributed by atoms with E-state index < -0.39 is 6.04 Å². The number of aromatic nitrogens is 1. The van der Waals surface area contributed by atoms with Crippen LogP contribution in [0.4, 0.5) is 5.69 Å². The van der Waals surface area contributed by atoms with Crippen LogP contribution < -0.4 is 10.9 Å². The van der Waals surface area contributed by atoms with E-state index in [2.05, 4.69) is 12.2 Å². The number of hydrogen-bond donors (Lipinski definition) is 1. The van der Waals surface area contributed by atoms with E-state index >= 15 is 0 Å². The van der Waals surface area contributed by atoms with Crippen LogP contribution in [0.3, 0.4) is 0 Å². The van der Waals surface area contributed by atoms with E-state index in [0.29, 0.717) is 6.42 Å². The maximum atomic E-state index is 13.0. The first-order valence-electron chi connectivity index (χ1n) is 9.06. The zero-order chi connectivity index (χ0) is 18.7. The third kappa shape index (κ3) is 3.27. The lowest BCUT2D eigenvalue weighted by Crippen LogP contribution is -2.33. The third-order valence-corrected chi connectivity index (χ3v) is 4.82. The number of carbonyl (C=O) groups excluding carboxylic acids is 1. The van der Waals surface area contributed by atoms with E-state index in [1.807, 2.05) is 62.4 Å². The van der Waals surface area contributed by atoms with Crippen LogP contribution in [-0.2, 0) is 11.2 Å². The number of nitrogens with one attached hydrogen (secondary N) is 1. The van der Waals surface area contributed by atoms with Crippen molar-refractivity contribution in [2.75, 3.05) is 5.32 Å². The van der Waals surface area contributed by atoms with E-state index in [1.165, 1.54) is 0 Å². The number of carbonyl (C=O) groups is 1. The minimum atomic E-state index is -0.557. The molecule has 0 radical (unpaired) electrons. The highest BCUT2D eigenvalue weighted by Gasteiger charge is 2.22. The summed E-state index contributed by atoms with van der Waals surface area (Å²) in [7, 11) is 0. The molecule has 0 spiro atoms. The summed E-state index contributed by atoms with van der Waals surface area (Å²) in [5.74, 6) is -0.162. The standard InChI is InChI=1S/C22H24N2O2/c1-4-16-10-6-8-12-18(16)23-22(26)19(5-2)24-20-13-9-7-11-17(20)15(3)14-21(24)25/h6-14,19H,4-5H2,1-3H3,(H,23,26). The number of anilines is 1. The van der Waals surface area contributed by atoms with Crippen molar-refractivity contribution in [3.05, 3.63) is 76.1 Å². The molecule has 1 atom stereocenters.